The molecule has 0 saturated carbocycles. The lowest BCUT2D eigenvalue weighted by Crippen LogP contribution is -2.23. The van der Waals surface area contributed by atoms with Gasteiger partial charge in [-0.1, -0.05) is 29.4 Å². The van der Waals surface area contributed by atoms with E-state index in [1.807, 2.05) is 6.92 Å². The number of thioether (sulfide) groups is 1. The van der Waals surface area contributed by atoms with E-state index in [0.717, 1.165) is 5.56 Å². The molecule has 0 aliphatic heterocycles. The lowest BCUT2D eigenvalue weighted by Gasteiger charge is -2.13. The van der Waals surface area contributed by atoms with Gasteiger partial charge in [-0.3, -0.25) is 4.79 Å². The molecule has 0 fully saturated rings. The van der Waals surface area contributed by atoms with Crippen LogP contribution in [0.5, 0.6) is 5.75 Å². The number of phenolic OH excluding ortho intramolecular Hbond substituents is 1. The molecule has 0 aliphatic carbocycles. The molecule has 2 N–H and O–H groups in total. The Balaban J connectivity index is 1.73. The van der Waals surface area contributed by atoms with Crippen molar-refractivity contribution in [2.24, 2.45) is 0 Å². The van der Waals surface area contributed by atoms with Crippen LogP contribution in [0.2, 0.25) is 5.02 Å². The van der Waals surface area contributed by atoms with E-state index >= 15 is 0 Å². The first-order chi connectivity index (χ1) is 12.5. The van der Waals surface area contributed by atoms with Crippen molar-refractivity contribution in [3.05, 3.63) is 53.1 Å². The van der Waals surface area contributed by atoms with Crippen molar-refractivity contribution in [1.82, 2.24) is 20.2 Å². The molecule has 1 atom stereocenters. The second-order valence-corrected chi connectivity index (χ2v) is 7.27. The van der Waals surface area contributed by atoms with Gasteiger partial charge >= 0.3 is 0 Å². The van der Waals surface area contributed by atoms with E-state index in [1.165, 1.54) is 16.4 Å². The average Bonchev–Trinajstić information content (AvgIpc) is 3.07. The Kier molecular flexibility index (Phi) is 5.43. The maximum absolute atomic E-state index is 12.5. The molecule has 0 aliphatic rings. The molecule has 2 aromatic carbocycles. The molecule has 0 unspecified atom stereocenters. The SMILES string of the molecule is Cc1c(Cl)cccc1NC(=O)[C@@H](C)Sc1nnnn1-c1ccc(O)cc1. The van der Waals surface area contributed by atoms with Crippen LogP contribution < -0.4 is 5.32 Å². The standard InChI is InChI=1S/C17H16ClN5O2S/c1-10-14(18)4-3-5-15(10)19-16(25)11(2)26-17-20-21-22-23(17)12-6-8-13(24)9-7-12/h3-9,11,24H,1-2H3,(H,19,25)/t11-/m1/s1. The smallest absolute Gasteiger partial charge is 0.237 e. The van der Waals surface area contributed by atoms with E-state index in [1.54, 1.807) is 49.4 Å². The third-order valence-corrected chi connectivity index (χ3v) is 5.15. The topological polar surface area (TPSA) is 92.9 Å². The molecule has 0 saturated heterocycles. The highest BCUT2D eigenvalue weighted by Gasteiger charge is 2.20. The number of nitrogens with one attached hydrogen (secondary N) is 1. The number of carbonyl (C=O) groups is 1. The highest BCUT2D eigenvalue weighted by atomic mass is 35.5. The molecule has 7 nitrogen and oxygen atoms in total. The van der Waals surface area contributed by atoms with Gasteiger partial charge in [0.1, 0.15) is 5.75 Å². The van der Waals surface area contributed by atoms with E-state index in [4.69, 9.17) is 11.6 Å². The number of amides is 1. The summed E-state index contributed by atoms with van der Waals surface area (Å²) in [6, 6.07) is 11.8. The van der Waals surface area contributed by atoms with Crippen LogP contribution in [-0.4, -0.2) is 36.5 Å². The van der Waals surface area contributed by atoms with Crippen LogP contribution in [0.1, 0.15) is 12.5 Å². The predicted molar refractivity (Wildman–Crippen MR) is 101 cm³/mol. The van der Waals surface area contributed by atoms with E-state index in [-0.39, 0.29) is 11.7 Å². The Bertz CT molecular complexity index is 929. The molecule has 3 aromatic rings. The van der Waals surface area contributed by atoms with Gasteiger partial charge in [0.25, 0.3) is 0 Å². The molecule has 0 bridgehead atoms. The number of hydrogen-bond acceptors (Lipinski definition) is 6. The zero-order chi connectivity index (χ0) is 18.7. The summed E-state index contributed by atoms with van der Waals surface area (Å²) in [6.45, 7) is 3.62. The summed E-state index contributed by atoms with van der Waals surface area (Å²) in [5, 5.41) is 24.5. The molecule has 1 heterocycles. The number of aromatic nitrogens is 4. The third kappa shape index (κ3) is 3.97. The summed E-state index contributed by atoms with van der Waals surface area (Å²) in [7, 11) is 0. The summed E-state index contributed by atoms with van der Waals surface area (Å²) in [5.41, 5.74) is 2.18. The monoisotopic (exact) mass is 389 g/mol. The number of hydrogen-bond donors (Lipinski definition) is 2. The number of tetrazole rings is 1. The first-order valence-corrected chi connectivity index (χ1v) is 9.02. The first-order valence-electron chi connectivity index (χ1n) is 7.76. The zero-order valence-electron chi connectivity index (χ0n) is 14.0. The van der Waals surface area contributed by atoms with Gasteiger partial charge in [-0.25, -0.2) is 0 Å². The second kappa shape index (κ2) is 7.76. The average molecular weight is 390 g/mol. The second-order valence-electron chi connectivity index (χ2n) is 5.55. The number of anilines is 1. The molecule has 3 rings (SSSR count). The molecule has 134 valence electrons. The summed E-state index contributed by atoms with van der Waals surface area (Å²) < 4.78 is 1.51. The fourth-order valence-corrected chi connectivity index (χ4v) is 3.18. The van der Waals surface area contributed by atoms with E-state index in [9.17, 15) is 9.90 Å². The van der Waals surface area contributed by atoms with Gasteiger partial charge in [0, 0.05) is 10.7 Å². The molecule has 9 heteroatoms. The fraction of sp³-hybridized carbons (Fsp3) is 0.176. The maximum atomic E-state index is 12.5. The van der Waals surface area contributed by atoms with Crippen LogP contribution in [0.15, 0.2) is 47.6 Å². The van der Waals surface area contributed by atoms with Gasteiger partial charge in [0.2, 0.25) is 11.1 Å². The number of aromatic hydroxyl groups is 1. The summed E-state index contributed by atoms with van der Waals surface area (Å²) in [4.78, 5) is 12.5. The lowest BCUT2D eigenvalue weighted by molar-refractivity contribution is -0.115. The Labute approximate surface area is 159 Å². The van der Waals surface area contributed by atoms with Crippen molar-refractivity contribution in [2.45, 2.75) is 24.3 Å². The van der Waals surface area contributed by atoms with Gasteiger partial charge in [-0.05, 0) is 66.2 Å². The van der Waals surface area contributed by atoms with Crippen molar-refractivity contribution in [3.63, 3.8) is 0 Å². The highest BCUT2D eigenvalue weighted by Crippen LogP contribution is 2.27. The fourth-order valence-electron chi connectivity index (χ4n) is 2.20. The van der Waals surface area contributed by atoms with Gasteiger partial charge in [-0.2, -0.15) is 4.68 Å². The number of rotatable bonds is 5. The summed E-state index contributed by atoms with van der Waals surface area (Å²) in [5.74, 6) is -0.0266. The van der Waals surface area contributed by atoms with Crippen LogP contribution in [0.3, 0.4) is 0 Å². The van der Waals surface area contributed by atoms with Gasteiger partial charge in [-0.15, -0.1) is 5.10 Å². The Morgan fingerprint density at radius 3 is 2.73 bits per heavy atom. The molecular formula is C17H16ClN5O2S. The van der Waals surface area contributed by atoms with Gasteiger partial charge < -0.3 is 10.4 Å². The van der Waals surface area contributed by atoms with Gasteiger partial charge in [0.15, 0.2) is 0 Å². The molecule has 26 heavy (non-hydrogen) atoms. The van der Waals surface area contributed by atoms with Crippen LogP contribution >= 0.6 is 23.4 Å². The predicted octanol–water partition coefficient (Wildman–Crippen LogP) is 3.45. The number of phenols is 1. The highest BCUT2D eigenvalue weighted by molar-refractivity contribution is 8.00. The Hall–Kier alpha value is -2.58. The van der Waals surface area contributed by atoms with Crippen LogP contribution in [0.25, 0.3) is 5.69 Å². The lowest BCUT2D eigenvalue weighted by atomic mass is 10.2. The minimum absolute atomic E-state index is 0.153. The van der Waals surface area contributed by atoms with Crippen molar-refractivity contribution >= 4 is 35.0 Å². The van der Waals surface area contributed by atoms with Crippen LogP contribution in [0, 0.1) is 6.92 Å². The quantitative estimate of drug-likeness (QED) is 0.649. The van der Waals surface area contributed by atoms with Gasteiger partial charge in [0.05, 0.1) is 10.9 Å². The Morgan fingerprint density at radius 1 is 1.27 bits per heavy atom. The van der Waals surface area contributed by atoms with Crippen LogP contribution in [0.4, 0.5) is 5.69 Å². The summed E-state index contributed by atoms with van der Waals surface area (Å²) >= 11 is 7.32. The molecule has 1 aromatic heterocycles. The molecule has 0 spiro atoms. The first kappa shape index (κ1) is 18.2. The van der Waals surface area contributed by atoms with Crippen molar-refractivity contribution < 1.29 is 9.90 Å². The van der Waals surface area contributed by atoms with E-state index in [2.05, 4.69) is 20.8 Å². The minimum Gasteiger partial charge on any atom is -0.508 e. The maximum Gasteiger partial charge on any atom is 0.237 e. The molecular weight excluding hydrogens is 374 g/mol. The number of halogens is 1. The Morgan fingerprint density at radius 2 is 2.00 bits per heavy atom. The van der Waals surface area contributed by atoms with Crippen LogP contribution in [-0.2, 0) is 4.79 Å². The zero-order valence-corrected chi connectivity index (χ0v) is 15.6. The van der Waals surface area contributed by atoms with E-state index in [0.29, 0.717) is 21.6 Å². The largest absolute Gasteiger partial charge is 0.508 e. The van der Waals surface area contributed by atoms with E-state index < -0.39 is 5.25 Å². The number of nitrogens with zero attached hydrogens (tertiary/aromatic N) is 4. The minimum atomic E-state index is -0.435. The molecule has 0 radical (unpaired) electrons. The van der Waals surface area contributed by atoms with Crippen molar-refractivity contribution in [2.75, 3.05) is 5.32 Å². The van der Waals surface area contributed by atoms with Crippen molar-refractivity contribution in [3.8, 4) is 11.4 Å². The molecule has 1 amide bonds. The number of carbonyl (C=O) groups excluding carboxylic acids is 1. The third-order valence-electron chi connectivity index (χ3n) is 3.71. The normalized spacial score (nSPS) is 12.0. The number of benzene rings is 2. The summed E-state index contributed by atoms with van der Waals surface area (Å²) in [6.07, 6.45) is 0. The van der Waals surface area contributed by atoms with Crippen molar-refractivity contribution in [1.29, 1.82) is 0 Å².